The van der Waals surface area contributed by atoms with E-state index in [1.807, 2.05) is 13.8 Å². The van der Waals surface area contributed by atoms with Gasteiger partial charge in [-0.05, 0) is 29.7 Å². The van der Waals surface area contributed by atoms with Crippen molar-refractivity contribution in [3.05, 3.63) is 58.4 Å². The van der Waals surface area contributed by atoms with Crippen LogP contribution in [0.1, 0.15) is 36.5 Å². The zero-order chi connectivity index (χ0) is 17.9. The van der Waals surface area contributed by atoms with Crippen molar-refractivity contribution in [2.75, 3.05) is 14.2 Å². The smallest absolute Gasteiger partial charge is 0.136 e. The van der Waals surface area contributed by atoms with E-state index in [9.17, 15) is 13.2 Å². The van der Waals surface area contributed by atoms with E-state index in [0.717, 1.165) is 5.56 Å². The van der Waals surface area contributed by atoms with Crippen LogP contribution in [0, 0.1) is 17.5 Å². The highest BCUT2D eigenvalue weighted by atomic mass is 19.1. The Morgan fingerprint density at radius 2 is 1.33 bits per heavy atom. The van der Waals surface area contributed by atoms with E-state index in [1.165, 1.54) is 12.2 Å². The molecule has 128 valence electrons. The zero-order valence-corrected chi connectivity index (χ0v) is 14.0. The summed E-state index contributed by atoms with van der Waals surface area (Å²) in [5.74, 6) is -1.43. The molecule has 2 rings (SSSR count). The van der Waals surface area contributed by atoms with Crippen LogP contribution in [0.25, 0.3) is 12.2 Å². The van der Waals surface area contributed by atoms with Gasteiger partial charge in [0.15, 0.2) is 0 Å². The minimum absolute atomic E-state index is 0.180. The molecule has 0 amide bonds. The molecule has 24 heavy (non-hydrogen) atoms. The molecular weight excluding hydrogens is 317 g/mol. The summed E-state index contributed by atoms with van der Waals surface area (Å²) in [5.41, 5.74) is 1.26. The van der Waals surface area contributed by atoms with Gasteiger partial charge in [-0.1, -0.05) is 19.9 Å². The quantitative estimate of drug-likeness (QED) is 0.679. The van der Waals surface area contributed by atoms with Crippen LogP contribution in [0.5, 0.6) is 11.5 Å². The first-order valence-electron chi connectivity index (χ1n) is 7.46. The van der Waals surface area contributed by atoms with Gasteiger partial charge in [0, 0.05) is 23.3 Å². The topological polar surface area (TPSA) is 18.5 Å². The van der Waals surface area contributed by atoms with Gasteiger partial charge in [0.1, 0.15) is 29.0 Å². The van der Waals surface area contributed by atoms with Gasteiger partial charge in [0.25, 0.3) is 0 Å². The fourth-order valence-corrected chi connectivity index (χ4v) is 2.52. The highest BCUT2D eigenvalue weighted by molar-refractivity contribution is 5.72. The summed E-state index contributed by atoms with van der Waals surface area (Å²) in [7, 11) is 3.10. The van der Waals surface area contributed by atoms with Crippen molar-refractivity contribution >= 4 is 12.2 Å². The highest BCUT2D eigenvalue weighted by Gasteiger charge is 2.15. The van der Waals surface area contributed by atoms with E-state index in [2.05, 4.69) is 0 Å². The van der Waals surface area contributed by atoms with Crippen molar-refractivity contribution in [1.29, 1.82) is 0 Å². The summed E-state index contributed by atoms with van der Waals surface area (Å²) < 4.78 is 51.1. The van der Waals surface area contributed by atoms with Crippen LogP contribution in [0.3, 0.4) is 0 Å². The van der Waals surface area contributed by atoms with Crippen LogP contribution in [-0.2, 0) is 0 Å². The SMILES string of the molecule is COc1cc(C=Cc2c(F)cc(F)cc2F)cc(OC)c1C(C)C. The van der Waals surface area contributed by atoms with Gasteiger partial charge in [-0.2, -0.15) is 0 Å². The van der Waals surface area contributed by atoms with E-state index < -0.39 is 17.5 Å². The molecule has 0 bridgehead atoms. The first kappa shape index (κ1) is 17.9. The fraction of sp³-hybridized carbons (Fsp3) is 0.263. The van der Waals surface area contributed by atoms with E-state index in [1.54, 1.807) is 26.4 Å². The molecule has 2 aromatic rings. The van der Waals surface area contributed by atoms with Crippen molar-refractivity contribution in [3.8, 4) is 11.5 Å². The number of ether oxygens (including phenoxy) is 2. The minimum Gasteiger partial charge on any atom is -0.496 e. The molecule has 0 spiro atoms. The predicted octanol–water partition coefficient (Wildman–Crippen LogP) is 5.41. The number of halogens is 3. The third-order valence-corrected chi connectivity index (χ3v) is 3.63. The van der Waals surface area contributed by atoms with Gasteiger partial charge >= 0.3 is 0 Å². The Hall–Kier alpha value is -2.43. The number of rotatable bonds is 5. The molecule has 0 aliphatic carbocycles. The lowest BCUT2D eigenvalue weighted by Gasteiger charge is -2.17. The largest absolute Gasteiger partial charge is 0.496 e. The Labute approximate surface area is 139 Å². The second kappa shape index (κ2) is 7.43. The van der Waals surface area contributed by atoms with Crippen LogP contribution in [0.15, 0.2) is 24.3 Å². The Bertz CT molecular complexity index is 719. The maximum absolute atomic E-state index is 13.7. The first-order chi connectivity index (χ1) is 11.4. The number of hydrogen-bond donors (Lipinski definition) is 0. The summed E-state index contributed by atoms with van der Waals surface area (Å²) in [6.07, 6.45) is 2.78. The highest BCUT2D eigenvalue weighted by Crippen LogP contribution is 2.37. The summed E-state index contributed by atoms with van der Waals surface area (Å²) in [6, 6.07) is 4.80. The Morgan fingerprint density at radius 1 is 0.833 bits per heavy atom. The molecule has 5 heteroatoms. The minimum atomic E-state index is -0.957. The standard InChI is InChI=1S/C19H19F3O2/c1-11(2)19-17(23-3)7-12(8-18(19)24-4)5-6-14-15(21)9-13(20)10-16(14)22/h5-11H,1-4H3. The molecule has 0 atom stereocenters. The van der Waals surface area contributed by atoms with Crippen molar-refractivity contribution in [1.82, 2.24) is 0 Å². The Balaban J connectivity index is 2.47. The lowest BCUT2D eigenvalue weighted by atomic mass is 9.98. The molecule has 0 unspecified atom stereocenters. The zero-order valence-electron chi connectivity index (χ0n) is 14.0. The second-order valence-corrected chi connectivity index (χ2v) is 5.61. The van der Waals surface area contributed by atoms with Gasteiger partial charge < -0.3 is 9.47 Å². The second-order valence-electron chi connectivity index (χ2n) is 5.61. The molecule has 0 radical (unpaired) electrons. The molecule has 0 aliphatic rings. The predicted molar refractivity (Wildman–Crippen MR) is 88.9 cm³/mol. The van der Waals surface area contributed by atoms with E-state index in [0.29, 0.717) is 29.2 Å². The average molecular weight is 336 g/mol. The van der Waals surface area contributed by atoms with Crippen molar-refractivity contribution in [2.45, 2.75) is 19.8 Å². The van der Waals surface area contributed by atoms with Crippen LogP contribution in [-0.4, -0.2) is 14.2 Å². The molecule has 0 saturated carbocycles. The molecule has 2 nitrogen and oxygen atoms in total. The van der Waals surface area contributed by atoms with Crippen LogP contribution in [0.4, 0.5) is 13.2 Å². The van der Waals surface area contributed by atoms with Gasteiger partial charge in [0.05, 0.1) is 14.2 Å². The van der Waals surface area contributed by atoms with Gasteiger partial charge in [-0.3, -0.25) is 0 Å². The molecule has 0 heterocycles. The average Bonchev–Trinajstić information content (AvgIpc) is 2.52. The summed E-state index contributed by atoms with van der Waals surface area (Å²) in [4.78, 5) is 0. The number of benzene rings is 2. The number of hydrogen-bond acceptors (Lipinski definition) is 2. The molecule has 0 aliphatic heterocycles. The van der Waals surface area contributed by atoms with Crippen LogP contribution >= 0.6 is 0 Å². The third kappa shape index (κ3) is 3.72. The summed E-state index contributed by atoms with van der Waals surface area (Å²) in [6.45, 7) is 4.03. The van der Waals surface area contributed by atoms with Crippen molar-refractivity contribution < 1.29 is 22.6 Å². The van der Waals surface area contributed by atoms with Crippen molar-refractivity contribution in [3.63, 3.8) is 0 Å². The molecule has 0 N–H and O–H groups in total. The fourth-order valence-electron chi connectivity index (χ4n) is 2.52. The maximum Gasteiger partial charge on any atom is 0.136 e. The van der Waals surface area contributed by atoms with Crippen molar-refractivity contribution in [2.24, 2.45) is 0 Å². The first-order valence-corrected chi connectivity index (χ1v) is 7.46. The molecule has 0 fully saturated rings. The van der Waals surface area contributed by atoms with E-state index in [4.69, 9.17) is 9.47 Å². The van der Waals surface area contributed by atoms with Crippen LogP contribution in [0.2, 0.25) is 0 Å². The lowest BCUT2D eigenvalue weighted by molar-refractivity contribution is 0.382. The Kier molecular flexibility index (Phi) is 5.54. The molecular formula is C19H19F3O2. The van der Waals surface area contributed by atoms with Gasteiger partial charge in [-0.25, -0.2) is 13.2 Å². The summed E-state index contributed by atoms with van der Waals surface area (Å²) >= 11 is 0. The van der Waals surface area contributed by atoms with E-state index in [-0.39, 0.29) is 11.5 Å². The molecule has 2 aromatic carbocycles. The molecule has 0 saturated heterocycles. The maximum atomic E-state index is 13.7. The number of methoxy groups -OCH3 is 2. The van der Waals surface area contributed by atoms with E-state index >= 15 is 0 Å². The molecule has 0 aromatic heterocycles. The Morgan fingerprint density at radius 3 is 1.75 bits per heavy atom. The van der Waals surface area contributed by atoms with Gasteiger partial charge in [-0.15, -0.1) is 0 Å². The summed E-state index contributed by atoms with van der Waals surface area (Å²) in [5, 5.41) is 0. The van der Waals surface area contributed by atoms with Crippen LogP contribution < -0.4 is 9.47 Å². The normalized spacial score (nSPS) is 11.3. The monoisotopic (exact) mass is 336 g/mol. The third-order valence-electron chi connectivity index (χ3n) is 3.63. The lowest BCUT2D eigenvalue weighted by Crippen LogP contribution is -1.99. The van der Waals surface area contributed by atoms with Gasteiger partial charge in [0.2, 0.25) is 0 Å².